The van der Waals surface area contributed by atoms with Crippen LogP contribution < -0.4 is 9.64 Å². The molecule has 4 nitrogen and oxygen atoms in total. The highest BCUT2D eigenvalue weighted by molar-refractivity contribution is 8.19. The normalized spacial score (nSPS) is 16.5. The molecule has 1 saturated heterocycles. The predicted octanol–water partition coefficient (Wildman–Crippen LogP) is 4.47. The molecule has 0 aromatic heterocycles. The van der Waals surface area contributed by atoms with Crippen molar-refractivity contribution < 1.29 is 18.7 Å². The van der Waals surface area contributed by atoms with Gasteiger partial charge in [-0.2, -0.15) is 0 Å². The number of benzene rings is 2. The Morgan fingerprint density at radius 1 is 1.08 bits per heavy atom. The van der Waals surface area contributed by atoms with Crippen LogP contribution in [0.5, 0.6) is 5.75 Å². The number of carbonyl (C=O) groups is 2. The van der Waals surface area contributed by atoms with E-state index in [0.29, 0.717) is 16.2 Å². The second-order valence-corrected chi connectivity index (χ2v) is 6.10. The molecule has 6 heteroatoms. The molecule has 24 heavy (non-hydrogen) atoms. The van der Waals surface area contributed by atoms with Crippen LogP contribution in [0.4, 0.5) is 14.9 Å². The van der Waals surface area contributed by atoms with Crippen LogP contribution in [0.1, 0.15) is 12.5 Å². The van der Waals surface area contributed by atoms with Gasteiger partial charge >= 0.3 is 0 Å². The first-order chi connectivity index (χ1) is 11.5. The molecule has 1 aliphatic rings. The van der Waals surface area contributed by atoms with E-state index in [-0.39, 0.29) is 5.69 Å². The van der Waals surface area contributed by atoms with Crippen molar-refractivity contribution in [2.24, 2.45) is 0 Å². The van der Waals surface area contributed by atoms with Gasteiger partial charge in [-0.15, -0.1) is 0 Å². The smallest absolute Gasteiger partial charge is 0.298 e. The quantitative estimate of drug-likeness (QED) is 0.772. The molecule has 0 saturated carbocycles. The van der Waals surface area contributed by atoms with Crippen LogP contribution in [0.2, 0.25) is 0 Å². The fraction of sp³-hybridized carbons (Fsp3) is 0.111. The minimum absolute atomic E-state index is 0.0301. The number of para-hydroxylation sites is 1. The van der Waals surface area contributed by atoms with E-state index in [4.69, 9.17) is 4.74 Å². The van der Waals surface area contributed by atoms with Crippen LogP contribution in [0, 0.1) is 5.82 Å². The van der Waals surface area contributed by atoms with Crippen molar-refractivity contribution in [1.29, 1.82) is 0 Å². The largest absolute Gasteiger partial charge is 0.497 e. The first-order valence-corrected chi connectivity index (χ1v) is 8.00. The van der Waals surface area contributed by atoms with Crippen LogP contribution in [0.15, 0.2) is 53.4 Å². The molecule has 0 spiro atoms. The maximum absolute atomic E-state index is 13.9. The van der Waals surface area contributed by atoms with Crippen molar-refractivity contribution in [2.75, 3.05) is 12.0 Å². The van der Waals surface area contributed by atoms with Crippen LogP contribution >= 0.6 is 11.8 Å². The number of amides is 2. The molecule has 0 bridgehead atoms. The maximum atomic E-state index is 13.9. The molecule has 2 aromatic carbocycles. The summed E-state index contributed by atoms with van der Waals surface area (Å²) in [5.41, 5.74) is 1.44. The van der Waals surface area contributed by atoms with Crippen molar-refractivity contribution >= 4 is 34.2 Å². The van der Waals surface area contributed by atoms with E-state index in [1.165, 1.54) is 18.2 Å². The Morgan fingerprint density at radius 3 is 2.38 bits per heavy atom. The average molecular weight is 343 g/mol. The third-order valence-corrected chi connectivity index (χ3v) is 4.77. The summed E-state index contributed by atoms with van der Waals surface area (Å²) < 4.78 is 19.0. The van der Waals surface area contributed by atoms with Gasteiger partial charge in [0.1, 0.15) is 11.6 Å². The Bertz CT molecular complexity index is 846. The molecule has 1 heterocycles. The number of imide groups is 1. The molecular formula is C18H14FNO3S. The van der Waals surface area contributed by atoms with Gasteiger partial charge in [-0.25, -0.2) is 9.29 Å². The standard InChI is InChI=1S/C18H14FNO3S/c1-11(12-7-9-13(23-2)10-8-12)16-17(21)20(18(22)24-16)15-6-4-3-5-14(15)19/h3-10H,1-2H3/b16-11-. The van der Waals surface area contributed by atoms with Crippen LogP contribution in [-0.2, 0) is 4.79 Å². The van der Waals surface area contributed by atoms with Gasteiger partial charge in [0.05, 0.1) is 17.7 Å². The lowest BCUT2D eigenvalue weighted by Gasteiger charge is -2.13. The molecule has 0 atom stereocenters. The van der Waals surface area contributed by atoms with Gasteiger partial charge in [-0.05, 0) is 54.1 Å². The fourth-order valence-corrected chi connectivity index (χ4v) is 3.31. The number of rotatable bonds is 3. The Kier molecular flexibility index (Phi) is 4.40. The summed E-state index contributed by atoms with van der Waals surface area (Å²) in [6.45, 7) is 1.76. The van der Waals surface area contributed by atoms with Crippen molar-refractivity contribution in [3.8, 4) is 5.75 Å². The minimum atomic E-state index is -0.608. The van der Waals surface area contributed by atoms with Crippen LogP contribution in [0.3, 0.4) is 0 Å². The van der Waals surface area contributed by atoms with E-state index in [1.54, 1.807) is 32.2 Å². The molecule has 0 N–H and O–H groups in total. The molecule has 0 aliphatic carbocycles. The summed E-state index contributed by atoms with van der Waals surface area (Å²) in [6.07, 6.45) is 0. The number of nitrogens with zero attached hydrogens (tertiary/aromatic N) is 1. The highest BCUT2D eigenvalue weighted by Gasteiger charge is 2.38. The summed E-state index contributed by atoms with van der Waals surface area (Å²) in [5.74, 6) is -0.419. The summed E-state index contributed by atoms with van der Waals surface area (Å²) >= 11 is 0.817. The Hall–Kier alpha value is -2.60. The third kappa shape index (κ3) is 2.80. The minimum Gasteiger partial charge on any atom is -0.497 e. The summed E-state index contributed by atoms with van der Waals surface area (Å²) in [4.78, 5) is 26.0. The van der Waals surface area contributed by atoms with Gasteiger partial charge in [-0.3, -0.25) is 9.59 Å². The lowest BCUT2D eigenvalue weighted by Crippen LogP contribution is -2.28. The second-order valence-electron chi connectivity index (χ2n) is 5.14. The summed E-state index contributed by atoms with van der Waals surface area (Å²) in [6, 6.07) is 12.9. The molecule has 1 fully saturated rings. The van der Waals surface area contributed by atoms with Crippen molar-refractivity contribution in [2.45, 2.75) is 6.92 Å². The number of carbonyl (C=O) groups excluding carboxylic acids is 2. The number of allylic oxidation sites excluding steroid dienone is 1. The highest BCUT2D eigenvalue weighted by atomic mass is 32.2. The van der Waals surface area contributed by atoms with E-state index in [1.807, 2.05) is 12.1 Å². The van der Waals surface area contributed by atoms with E-state index in [9.17, 15) is 14.0 Å². The van der Waals surface area contributed by atoms with Gasteiger partial charge in [0.25, 0.3) is 11.1 Å². The number of thioether (sulfide) groups is 1. The number of hydrogen-bond acceptors (Lipinski definition) is 4. The molecule has 2 amide bonds. The van der Waals surface area contributed by atoms with Crippen molar-refractivity contribution in [3.63, 3.8) is 0 Å². The molecule has 122 valence electrons. The fourth-order valence-electron chi connectivity index (χ4n) is 2.41. The SMILES string of the molecule is COc1ccc(/C(C)=C2\SC(=O)N(c3ccccc3F)C2=O)cc1. The topological polar surface area (TPSA) is 46.6 Å². The lowest BCUT2D eigenvalue weighted by atomic mass is 10.1. The zero-order valence-corrected chi connectivity index (χ0v) is 13.9. The van der Waals surface area contributed by atoms with E-state index >= 15 is 0 Å². The molecule has 0 unspecified atom stereocenters. The number of hydrogen-bond donors (Lipinski definition) is 0. The Morgan fingerprint density at radius 2 is 1.75 bits per heavy atom. The average Bonchev–Trinajstić information content (AvgIpc) is 2.89. The van der Waals surface area contributed by atoms with E-state index in [2.05, 4.69) is 0 Å². The third-order valence-electron chi connectivity index (χ3n) is 3.73. The van der Waals surface area contributed by atoms with Gasteiger partial charge < -0.3 is 4.74 Å². The van der Waals surface area contributed by atoms with E-state index < -0.39 is 17.0 Å². The van der Waals surface area contributed by atoms with Crippen LogP contribution in [-0.4, -0.2) is 18.3 Å². The lowest BCUT2D eigenvalue weighted by molar-refractivity contribution is -0.113. The molecule has 0 radical (unpaired) electrons. The van der Waals surface area contributed by atoms with Crippen LogP contribution in [0.25, 0.3) is 5.57 Å². The first-order valence-electron chi connectivity index (χ1n) is 7.19. The molecule has 3 rings (SSSR count). The number of methoxy groups -OCH3 is 1. The van der Waals surface area contributed by atoms with Gasteiger partial charge in [-0.1, -0.05) is 24.3 Å². The summed E-state index contributed by atoms with van der Waals surface area (Å²) in [7, 11) is 1.57. The van der Waals surface area contributed by atoms with Crippen molar-refractivity contribution in [1.82, 2.24) is 0 Å². The zero-order valence-electron chi connectivity index (χ0n) is 13.1. The highest BCUT2D eigenvalue weighted by Crippen LogP contribution is 2.39. The Labute approximate surface area is 142 Å². The summed E-state index contributed by atoms with van der Waals surface area (Å²) in [5, 5.41) is -0.507. The number of halogens is 1. The first kappa shape index (κ1) is 16.3. The second kappa shape index (κ2) is 6.49. The maximum Gasteiger partial charge on any atom is 0.298 e. The van der Waals surface area contributed by atoms with Crippen molar-refractivity contribution in [3.05, 3.63) is 64.8 Å². The molecule has 2 aromatic rings. The monoisotopic (exact) mass is 343 g/mol. The zero-order chi connectivity index (χ0) is 17.3. The number of anilines is 1. The molecule has 1 aliphatic heterocycles. The van der Waals surface area contributed by atoms with Gasteiger partial charge in [0.2, 0.25) is 0 Å². The predicted molar refractivity (Wildman–Crippen MR) is 92.5 cm³/mol. The molecular weight excluding hydrogens is 329 g/mol. The number of ether oxygens (including phenoxy) is 1. The van der Waals surface area contributed by atoms with E-state index in [0.717, 1.165) is 22.2 Å². The van der Waals surface area contributed by atoms with Gasteiger partial charge in [0.15, 0.2) is 0 Å². The van der Waals surface area contributed by atoms with Gasteiger partial charge in [0, 0.05) is 0 Å². The Balaban J connectivity index is 1.99.